The first-order valence-electron chi connectivity index (χ1n) is 3.34. The molecule has 0 unspecified atom stereocenters. The number of alkyl halides is 2. The van der Waals surface area contributed by atoms with Gasteiger partial charge in [-0.25, -0.2) is 8.78 Å². The molecule has 5 heteroatoms. The molecule has 0 spiro atoms. The highest BCUT2D eigenvalue weighted by Crippen LogP contribution is 2.26. The zero-order valence-corrected chi connectivity index (χ0v) is 8.59. The summed E-state index contributed by atoms with van der Waals surface area (Å²) in [4.78, 5) is 0.650. The van der Waals surface area contributed by atoms with Gasteiger partial charge in [-0.3, -0.25) is 0 Å². The Labute approximate surface area is 81.7 Å². The molecule has 0 saturated heterocycles. The second kappa shape index (κ2) is 3.81. The summed E-state index contributed by atoms with van der Waals surface area (Å²) >= 11 is 4.51. The molecule has 0 amide bonds. The highest BCUT2D eigenvalue weighted by Gasteiger charge is 2.27. The van der Waals surface area contributed by atoms with Crippen LogP contribution in [0.4, 0.5) is 8.78 Å². The van der Waals surface area contributed by atoms with Crippen LogP contribution in [0.2, 0.25) is 0 Å². The van der Waals surface area contributed by atoms with Crippen LogP contribution >= 0.6 is 27.3 Å². The van der Waals surface area contributed by atoms with Crippen molar-refractivity contribution in [3.05, 3.63) is 20.8 Å². The Morgan fingerprint density at radius 3 is 2.67 bits per heavy atom. The van der Waals surface area contributed by atoms with Gasteiger partial charge in [-0.05, 0) is 22.0 Å². The van der Waals surface area contributed by atoms with E-state index in [2.05, 4.69) is 15.9 Å². The Bertz CT molecular complexity index is 262. The lowest BCUT2D eigenvalue weighted by Crippen LogP contribution is -2.29. The van der Waals surface area contributed by atoms with E-state index in [0.717, 1.165) is 4.47 Å². The first kappa shape index (κ1) is 10.1. The molecule has 0 saturated carbocycles. The fourth-order valence-corrected chi connectivity index (χ4v) is 2.30. The molecule has 0 atom stereocenters. The first-order chi connectivity index (χ1) is 5.53. The molecular formula is C7H8BrF2NS. The van der Waals surface area contributed by atoms with Crippen molar-refractivity contribution in [1.29, 1.82) is 0 Å². The molecule has 0 aliphatic rings. The zero-order valence-electron chi connectivity index (χ0n) is 6.19. The van der Waals surface area contributed by atoms with Crippen LogP contribution in [0, 0.1) is 0 Å². The van der Waals surface area contributed by atoms with Gasteiger partial charge in [-0.15, -0.1) is 11.3 Å². The second-order valence-electron chi connectivity index (χ2n) is 2.47. The van der Waals surface area contributed by atoms with E-state index in [1.807, 2.05) is 0 Å². The van der Waals surface area contributed by atoms with Crippen molar-refractivity contribution < 1.29 is 8.78 Å². The van der Waals surface area contributed by atoms with Crippen LogP contribution in [-0.2, 0) is 6.42 Å². The van der Waals surface area contributed by atoms with Crippen LogP contribution in [0.15, 0.2) is 15.9 Å². The topological polar surface area (TPSA) is 26.0 Å². The summed E-state index contributed by atoms with van der Waals surface area (Å²) in [6.07, 6.45) is -0.264. The molecule has 0 aromatic carbocycles. The van der Waals surface area contributed by atoms with E-state index in [1.54, 1.807) is 11.4 Å². The minimum absolute atomic E-state index is 0.264. The molecule has 12 heavy (non-hydrogen) atoms. The van der Waals surface area contributed by atoms with Crippen LogP contribution in [0.3, 0.4) is 0 Å². The molecular weight excluding hydrogens is 248 g/mol. The first-order valence-corrected chi connectivity index (χ1v) is 5.01. The summed E-state index contributed by atoms with van der Waals surface area (Å²) in [6, 6.07) is 1.69. The van der Waals surface area contributed by atoms with E-state index in [1.165, 1.54) is 11.3 Å². The van der Waals surface area contributed by atoms with Gasteiger partial charge in [-0.2, -0.15) is 0 Å². The van der Waals surface area contributed by atoms with Gasteiger partial charge in [0.25, 0.3) is 5.92 Å². The van der Waals surface area contributed by atoms with Gasteiger partial charge in [0.15, 0.2) is 0 Å². The monoisotopic (exact) mass is 255 g/mol. The Kier molecular flexibility index (Phi) is 3.20. The number of hydrogen-bond acceptors (Lipinski definition) is 2. The molecule has 2 N–H and O–H groups in total. The Hall–Kier alpha value is -0.0000000000000000833. The van der Waals surface area contributed by atoms with Gasteiger partial charge >= 0.3 is 0 Å². The standard InChI is InChI=1S/C7H8BrF2NS/c8-5-1-6(12-3-5)2-7(9,10)4-11/h1,3H,2,4,11H2. The van der Waals surface area contributed by atoms with Crippen LogP contribution in [0.1, 0.15) is 4.88 Å². The molecule has 0 bridgehead atoms. The molecule has 1 aromatic rings. The highest BCUT2D eigenvalue weighted by molar-refractivity contribution is 9.10. The lowest BCUT2D eigenvalue weighted by Gasteiger charge is -2.11. The van der Waals surface area contributed by atoms with E-state index >= 15 is 0 Å². The fraction of sp³-hybridized carbons (Fsp3) is 0.429. The van der Waals surface area contributed by atoms with Crippen molar-refractivity contribution in [2.45, 2.75) is 12.3 Å². The van der Waals surface area contributed by atoms with Gasteiger partial charge in [0.1, 0.15) is 0 Å². The molecule has 1 heterocycles. The summed E-state index contributed by atoms with van der Waals surface area (Å²) in [5.41, 5.74) is 4.90. The molecule has 1 rings (SSSR count). The average molecular weight is 256 g/mol. The third-order valence-electron chi connectivity index (χ3n) is 1.35. The molecule has 0 radical (unpaired) electrons. The SMILES string of the molecule is NCC(F)(F)Cc1cc(Br)cs1. The van der Waals surface area contributed by atoms with Gasteiger partial charge in [0.2, 0.25) is 0 Å². The number of thiophene rings is 1. The Morgan fingerprint density at radius 2 is 2.25 bits per heavy atom. The predicted molar refractivity (Wildman–Crippen MR) is 49.7 cm³/mol. The minimum atomic E-state index is -2.77. The van der Waals surface area contributed by atoms with Gasteiger partial charge < -0.3 is 5.73 Å². The molecule has 1 nitrogen and oxygen atoms in total. The maximum atomic E-state index is 12.7. The highest BCUT2D eigenvalue weighted by atomic mass is 79.9. The predicted octanol–water partition coefficient (Wildman–Crippen LogP) is 2.65. The molecule has 1 aromatic heterocycles. The largest absolute Gasteiger partial charge is 0.325 e. The van der Waals surface area contributed by atoms with Gasteiger partial charge in [-0.1, -0.05) is 0 Å². The Balaban J connectivity index is 2.63. The van der Waals surface area contributed by atoms with Crippen molar-refractivity contribution >= 4 is 27.3 Å². The lowest BCUT2D eigenvalue weighted by molar-refractivity contribution is 0.0123. The van der Waals surface area contributed by atoms with Crippen LogP contribution in [0.25, 0.3) is 0 Å². The maximum Gasteiger partial charge on any atom is 0.264 e. The Morgan fingerprint density at radius 1 is 1.58 bits per heavy atom. The van der Waals surface area contributed by atoms with E-state index < -0.39 is 12.5 Å². The molecule has 0 fully saturated rings. The van der Waals surface area contributed by atoms with Crippen molar-refractivity contribution in [2.24, 2.45) is 5.73 Å². The molecule has 68 valence electrons. The van der Waals surface area contributed by atoms with E-state index in [9.17, 15) is 8.78 Å². The smallest absolute Gasteiger partial charge is 0.264 e. The molecule has 0 aliphatic carbocycles. The second-order valence-corrected chi connectivity index (χ2v) is 4.38. The van der Waals surface area contributed by atoms with Crippen molar-refractivity contribution in [2.75, 3.05) is 6.54 Å². The normalized spacial score (nSPS) is 12.0. The fourth-order valence-electron chi connectivity index (χ4n) is 0.774. The van der Waals surface area contributed by atoms with Crippen LogP contribution in [-0.4, -0.2) is 12.5 Å². The lowest BCUT2D eigenvalue weighted by atomic mass is 10.2. The summed E-state index contributed by atoms with van der Waals surface area (Å²) in [6.45, 7) is -0.595. The number of hydrogen-bond donors (Lipinski definition) is 1. The number of halogens is 3. The van der Waals surface area contributed by atoms with Crippen LogP contribution < -0.4 is 5.73 Å². The summed E-state index contributed by atoms with van der Waals surface area (Å²) < 4.78 is 26.3. The van der Waals surface area contributed by atoms with E-state index in [4.69, 9.17) is 5.73 Å². The summed E-state index contributed by atoms with van der Waals surface area (Å²) in [5, 5.41) is 1.78. The molecule has 0 aliphatic heterocycles. The van der Waals surface area contributed by atoms with E-state index in [0.29, 0.717) is 4.88 Å². The minimum Gasteiger partial charge on any atom is -0.325 e. The third-order valence-corrected chi connectivity index (χ3v) is 3.05. The zero-order chi connectivity index (χ0) is 9.19. The van der Waals surface area contributed by atoms with Crippen molar-refractivity contribution in [3.63, 3.8) is 0 Å². The number of nitrogens with two attached hydrogens (primary N) is 1. The summed E-state index contributed by atoms with van der Waals surface area (Å²) in [5.74, 6) is -2.77. The number of rotatable bonds is 3. The van der Waals surface area contributed by atoms with Gasteiger partial charge in [0.05, 0.1) is 6.54 Å². The van der Waals surface area contributed by atoms with Crippen molar-refractivity contribution in [1.82, 2.24) is 0 Å². The van der Waals surface area contributed by atoms with Gasteiger partial charge in [0, 0.05) is 21.2 Å². The van der Waals surface area contributed by atoms with Crippen LogP contribution in [0.5, 0.6) is 0 Å². The van der Waals surface area contributed by atoms with E-state index in [-0.39, 0.29) is 6.42 Å². The van der Waals surface area contributed by atoms with Crippen molar-refractivity contribution in [3.8, 4) is 0 Å². The quantitative estimate of drug-likeness (QED) is 0.883. The summed E-state index contributed by atoms with van der Waals surface area (Å²) in [7, 11) is 0. The average Bonchev–Trinajstić information content (AvgIpc) is 2.35. The maximum absolute atomic E-state index is 12.7. The third kappa shape index (κ3) is 2.80.